The van der Waals surface area contributed by atoms with Crippen molar-refractivity contribution >= 4 is 11.6 Å². The molecule has 100 valence electrons. The van der Waals surface area contributed by atoms with Gasteiger partial charge in [-0.3, -0.25) is 0 Å². The third-order valence-electron chi connectivity index (χ3n) is 2.91. The molecule has 0 saturated carbocycles. The maximum atomic E-state index is 13.1. The fourth-order valence-electron chi connectivity index (χ4n) is 1.82. The number of nitrogens with one attached hydrogen (secondary N) is 1. The smallest absolute Gasteiger partial charge is 0.126 e. The SMILES string of the molecule is CC(NCc1ccc(Cl)cc1)c1cc(F)cc(F)c1. The summed E-state index contributed by atoms with van der Waals surface area (Å²) in [5.41, 5.74) is 1.65. The zero-order valence-electron chi connectivity index (χ0n) is 10.5. The van der Waals surface area contributed by atoms with Crippen LogP contribution in [0.1, 0.15) is 24.1 Å². The predicted octanol–water partition coefficient (Wildman–Crippen LogP) is 4.47. The van der Waals surface area contributed by atoms with E-state index in [2.05, 4.69) is 5.32 Å². The van der Waals surface area contributed by atoms with E-state index in [-0.39, 0.29) is 6.04 Å². The van der Waals surface area contributed by atoms with E-state index in [1.807, 2.05) is 31.2 Å². The molecule has 0 aliphatic rings. The molecule has 2 rings (SSSR count). The number of benzene rings is 2. The maximum Gasteiger partial charge on any atom is 0.126 e. The highest BCUT2D eigenvalue weighted by Gasteiger charge is 2.08. The van der Waals surface area contributed by atoms with Crippen LogP contribution in [0.15, 0.2) is 42.5 Å². The summed E-state index contributed by atoms with van der Waals surface area (Å²) >= 11 is 5.80. The van der Waals surface area contributed by atoms with Gasteiger partial charge in [0.05, 0.1) is 0 Å². The average molecular weight is 282 g/mol. The van der Waals surface area contributed by atoms with Gasteiger partial charge in [0.25, 0.3) is 0 Å². The van der Waals surface area contributed by atoms with Crippen LogP contribution in [0, 0.1) is 11.6 Å². The van der Waals surface area contributed by atoms with E-state index in [9.17, 15) is 8.78 Å². The first-order valence-electron chi connectivity index (χ1n) is 5.98. The Kier molecular flexibility index (Phi) is 4.51. The van der Waals surface area contributed by atoms with Crippen LogP contribution in [0.4, 0.5) is 8.78 Å². The molecule has 0 spiro atoms. The quantitative estimate of drug-likeness (QED) is 0.872. The van der Waals surface area contributed by atoms with E-state index in [0.29, 0.717) is 17.1 Å². The van der Waals surface area contributed by atoms with Crippen LogP contribution in [0.3, 0.4) is 0 Å². The van der Waals surface area contributed by atoms with Crippen molar-refractivity contribution in [1.29, 1.82) is 0 Å². The lowest BCUT2D eigenvalue weighted by Gasteiger charge is -2.14. The predicted molar refractivity (Wildman–Crippen MR) is 73.1 cm³/mol. The Labute approximate surface area is 116 Å². The van der Waals surface area contributed by atoms with E-state index in [1.165, 1.54) is 12.1 Å². The van der Waals surface area contributed by atoms with Gasteiger partial charge in [-0.25, -0.2) is 8.78 Å². The number of hydrogen-bond acceptors (Lipinski definition) is 1. The summed E-state index contributed by atoms with van der Waals surface area (Å²) in [6, 6.07) is 10.8. The Morgan fingerprint density at radius 2 is 1.63 bits per heavy atom. The third-order valence-corrected chi connectivity index (χ3v) is 3.16. The van der Waals surface area contributed by atoms with Crippen LogP contribution in [0.2, 0.25) is 5.02 Å². The first kappa shape index (κ1) is 14.0. The highest BCUT2D eigenvalue weighted by molar-refractivity contribution is 6.30. The fourth-order valence-corrected chi connectivity index (χ4v) is 1.94. The van der Waals surface area contributed by atoms with Gasteiger partial charge < -0.3 is 5.32 Å². The van der Waals surface area contributed by atoms with E-state index in [0.717, 1.165) is 11.6 Å². The summed E-state index contributed by atoms with van der Waals surface area (Å²) in [4.78, 5) is 0. The van der Waals surface area contributed by atoms with E-state index in [1.54, 1.807) is 0 Å². The van der Waals surface area contributed by atoms with Crippen molar-refractivity contribution < 1.29 is 8.78 Å². The lowest BCUT2D eigenvalue weighted by molar-refractivity contribution is 0.545. The second kappa shape index (κ2) is 6.13. The standard InChI is InChI=1S/C15H14ClF2N/c1-10(12-6-14(17)8-15(18)7-12)19-9-11-2-4-13(16)5-3-11/h2-8,10,19H,9H2,1H3. The monoisotopic (exact) mass is 281 g/mol. The molecule has 0 heterocycles. The molecule has 1 unspecified atom stereocenters. The van der Waals surface area contributed by atoms with Crippen molar-refractivity contribution in [3.8, 4) is 0 Å². The average Bonchev–Trinajstić information content (AvgIpc) is 2.36. The van der Waals surface area contributed by atoms with Gasteiger partial charge in [-0.05, 0) is 42.3 Å². The zero-order valence-corrected chi connectivity index (χ0v) is 11.2. The summed E-state index contributed by atoms with van der Waals surface area (Å²) < 4.78 is 26.2. The minimum absolute atomic E-state index is 0.138. The van der Waals surface area contributed by atoms with Gasteiger partial charge in [-0.15, -0.1) is 0 Å². The van der Waals surface area contributed by atoms with Gasteiger partial charge in [-0.1, -0.05) is 23.7 Å². The molecule has 0 bridgehead atoms. The molecule has 1 nitrogen and oxygen atoms in total. The van der Waals surface area contributed by atoms with Crippen LogP contribution in [0.25, 0.3) is 0 Å². The molecular formula is C15H14ClF2N. The molecule has 2 aromatic carbocycles. The topological polar surface area (TPSA) is 12.0 Å². The van der Waals surface area contributed by atoms with E-state index in [4.69, 9.17) is 11.6 Å². The molecule has 0 aliphatic heterocycles. The first-order chi connectivity index (χ1) is 9.04. The largest absolute Gasteiger partial charge is 0.306 e. The van der Waals surface area contributed by atoms with E-state index < -0.39 is 11.6 Å². The minimum Gasteiger partial charge on any atom is -0.306 e. The van der Waals surface area contributed by atoms with Crippen molar-refractivity contribution in [2.45, 2.75) is 19.5 Å². The number of hydrogen-bond donors (Lipinski definition) is 1. The molecule has 2 aromatic rings. The molecule has 0 saturated heterocycles. The van der Waals surface area contributed by atoms with Crippen molar-refractivity contribution in [1.82, 2.24) is 5.32 Å². The summed E-state index contributed by atoms with van der Waals surface area (Å²) in [6.07, 6.45) is 0. The molecule has 4 heteroatoms. The summed E-state index contributed by atoms with van der Waals surface area (Å²) in [5, 5.41) is 3.90. The van der Waals surface area contributed by atoms with Gasteiger partial charge in [0.2, 0.25) is 0 Å². The lowest BCUT2D eigenvalue weighted by Crippen LogP contribution is -2.18. The molecule has 0 radical (unpaired) electrons. The highest BCUT2D eigenvalue weighted by atomic mass is 35.5. The Morgan fingerprint density at radius 3 is 2.21 bits per heavy atom. The Balaban J connectivity index is 2.00. The molecule has 0 aromatic heterocycles. The van der Waals surface area contributed by atoms with Crippen molar-refractivity contribution in [2.24, 2.45) is 0 Å². The normalized spacial score (nSPS) is 12.4. The van der Waals surface area contributed by atoms with E-state index >= 15 is 0 Å². The van der Waals surface area contributed by atoms with Crippen LogP contribution in [-0.2, 0) is 6.54 Å². The van der Waals surface area contributed by atoms with Gasteiger partial charge in [0.15, 0.2) is 0 Å². The van der Waals surface area contributed by atoms with Crippen molar-refractivity contribution in [2.75, 3.05) is 0 Å². The van der Waals surface area contributed by atoms with Gasteiger partial charge >= 0.3 is 0 Å². The Morgan fingerprint density at radius 1 is 1.05 bits per heavy atom. The summed E-state index contributed by atoms with van der Waals surface area (Å²) in [6.45, 7) is 2.47. The van der Waals surface area contributed by atoms with Crippen LogP contribution < -0.4 is 5.32 Å². The van der Waals surface area contributed by atoms with Crippen molar-refractivity contribution in [3.05, 3.63) is 70.2 Å². The number of halogens is 3. The summed E-state index contributed by atoms with van der Waals surface area (Å²) in [7, 11) is 0. The Hall–Kier alpha value is -1.45. The Bertz CT molecular complexity index is 534. The zero-order chi connectivity index (χ0) is 13.8. The third kappa shape index (κ3) is 4.01. The highest BCUT2D eigenvalue weighted by Crippen LogP contribution is 2.17. The molecule has 0 aliphatic carbocycles. The molecule has 0 amide bonds. The fraction of sp³-hybridized carbons (Fsp3) is 0.200. The van der Waals surface area contributed by atoms with Gasteiger partial charge in [0, 0.05) is 23.7 Å². The number of rotatable bonds is 4. The second-order valence-electron chi connectivity index (χ2n) is 4.43. The maximum absolute atomic E-state index is 13.1. The minimum atomic E-state index is -0.560. The molecule has 0 fully saturated rings. The molecular weight excluding hydrogens is 268 g/mol. The second-order valence-corrected chi connectivity index (χ2v) is 4.87. The molecule has 19 heavy (non-hydrogen) atoms. The lowest BCUT2D eigenvalue weighted by atomic mass is 10.1. The van der Waals surface area contributed by atoms with Crippen LogP contribution >= 0.6 is 11.6 Å². The first-order valence-corrected chi connectivity index (χ1v) is 6.36. The van der Waals surface area contributed by atoms with Crippen LogP contribution in [-0.4, -0.2) is 0 Å². The van der Waals surface area contributed by atoms with Gasteiger partial charge in [0.1, 0.15) is 11.6 Å². The molecule has 1 atom stereocenters. The van der Waals surface area contributed by atoms with Crippen LogP contribution in [0.5, 0.6) is 0 Å². The molecule has 1 N–H and O–H groups in total. The van der Waals surface area contributed by atoms with Gasteiger partial charge in [-0.2, -0.15) is 0 Å². The summed E-state index contributed by atoms with van der Waals surface area (Å²) in [5.74, 6) is -1.12. The van der Waals surface area contributed by atoms with Crippen molar-refractivity contribution in [3.63, 3.8) is 0 Å².